The fourth-order valence-corrected chi connectivity index (χ4v) is 2.29. The maximum Gasteiger partial charge on any atom is 0.417 e. The molecular formula is C11H15F3N2S. The summed E-state index contributed by atoms with van der Waals surface area (Å²) < 4.78 is 36.9. The van der Waals surface area contributed by atoms with Gasteiger partial charge in [-0.2, -0.15) is 13.2 Å². The average molecular weight is 264 g/mol. The highest BCUT2D eigenvalue weighted by Gasteiger charge is 2.30. The summed E-state index contributed by atoms with van der Waals surface area (Å²) in [6.07, 6.45) is -2.46. The van der Waals surface area contributed by atoms with Crippen LogP contribution in [0.4, 0.5) is 13.2 Å². The molecule has 0 aliphatic rings. The molecule has 1 aromatic heterocycles. The maximum atomic E-state index is 12.3. The van der Waals surface area contributed by atoms with Crippen molar-refractivity contribution in [1.29, 1.82) is 0 Å². The van der Waals surface area contributed by atoms with Gasteiger partial charge in [0.25, 0.3) is 0 Å². The number of hydrogen-bond acceptors (Lipinski definition) is 3. The molecule has 1 unspecified atom stereocenters. The standard InChI is InChI=1S/C11H15F3N2S/c1-3-9(15-2)7-17-10-5-4-8(6-16-10)11(12,13)14/h4-6,9,15H,3,7H2,1-2H3. The Morgan fingerprint density at radius 3 is 2.53 bits per heavy atom. The van der Waals surface area contributed by atoms with Gasteiger partial charge in [-0.3, -0.25) is 0 Å². The maximum absolute atomic E-state index is 12.3. The molecule has 0 bridgehead atoms. The Labute approximate surface area is 103 Å². The molecule has 0 aliphatic heterocycles. The van der Waals surface area contributed by atoms with Gasteiger partial charge in [0.15, 0.2) is 0 Å². The molecule has 2 nitrogen and oxygen atoms in total. The molecule has 0 radical (unpaired) electrons. The Kier molecular flexibility index (Phi) is 5.27. The van der Waals surface area contributed by atoms with Gasteiger partial charge in [0.05, 0.1) is 10.6 Å². The quantitative estimate of drug-likeness (QED) is 0.827. The summed E-state index contributed by atoms with van der Waals surface area (Å²) in [5, 5.41) is 3.75. The van der Waals surface area contributed by atoms with E-state index in [1.165, 1.54) is 17.8 Å². The number of alkyl halides is 3. The van der Waals surface area contributed by atoms with E-state index in [-0.39, 0.29) is 0 Å². The van der Waals surface area contributed by atoms with Crippen molar-refractivity contribution in [2.75, 3.05) is 12.8 Å². The molecule has 0 saturated carbocycles. The molecule has 1 heterocycles. The predicted molar refractivity (Wildman–Crippen MR) is 63.1 cm³/mol. The monoisotopic (exact) mass is 264 g/mol. The number of pyridine rings is 1. The average Bonchev–Trinajstić information content (AvgIpc) is 2.30. The Morgan fingerprint density at radius 1 is 1.41 bits per heavy atom. The second-order valence-electron chi connectivity index (χ2n) is 3.59. The Balaban J connectivity index is 2.57. The van der Waals surface area contributed by atoms with Crippen LogP contribution in [-0.2, 0) is 6.18 Å². The lowest BCUT2D eigenvalue weighted by molar-refractivity contribution is -0.137. The van der Waals surface area contributed by atoms with E-state index in [1.807, 2.05) is 7.05 Å². The number of thioether (sulfide) groups is 1. The molecular weight excluding hydrogens is 249 g/mol. The van der Waals surface area contributed by atoms with E-state index in [1.54, 1.807) is 0 Å². The van der Waals surface area contributed by atoms with Gasteiger partial charge in [0.2, 0.25) is 0 Å². The largest absolute Gasteiger partial charge is 0.417 e. The van der Waals surface area contributed by atoms with E-state index < -0.39 is 11.7 Å². The molecule has 6 heteroatoms. The first-order valence-electron chi connectivity index (χ1n) is 5.30. The van der Waals surface area contributed by atoms with Gasteiger partial charge < -0.3 is 5.32 Å². The summed E-state index contributed by atoms with van der Waals surface area (Å²) in [6, 6.07) is 2.83. The number of rotatable bonds is 5. The molecule has 96 valence electrons. The third kappa shape index (κ3) is 4.55. The highest BCUT2D eigenvalue weighted by atomic mass is 32.2. The highest BCUT2D eigenvalue weighted by molar-refractivity contribution is 7.99. The molecule has 0 aliphatic carbocycles. The van der Waals surface area contributed by atoms with Gasteiger partial charge >= 0.3 is 6.18 Å². The van der Waals surface area contributed by atoms with Gasteiger partial charge in [-0.1, -0.05) is 6.92 Å². The zero-order valence-corrected chi connectivity index (χ0v) is 10.5. The van der Waals surface area contributed by atoms with Gasteiger partial charge in [0.1, 0.15) is 0 Å². The topological polar surface area (TPSA) is 24.9 Å². The van der Waals surface area contributed by atoms with Crippen molar-refractivity contribution in [2.45, 2.75) is 30.6 Å². The number of nitrogens with one attached hydrogen (secondary N) is 1. The van der Waals surface area contributed by atoms with Crippen LogP contribution in [0.3, 0.4) is 0 Å². The minimum atomic E-state index is -4.31. The zero-order chi connectivity index (χ0) is 12.9. The van der Waals surface area contributed by atoms with Crippen LogP contribution < -0.4 is 5.32 Å². The molecule has 0 saturated heterocycles. The number of hydrogen-bond donors (Lipinski definition) is 1. The fraction of sp³-hybridized carbons (Fsp3) is 0.545. The molecule has 0 fully saturated rings. The van der Waals surface area contributed by atoms with Crippen LogP contribution in [0.5, 0.6) is 0 Å². The van der Waals surface area contributed by atoms with Crippen LogP contribution in [0, 0.1) is 0 Å². The molecule has 1 rings (SSSR count). The van der Waals surface area contributed by atoms with E-state index in [9.17, 15) is 13.2 Å². The van der Waals surface area contributed by atoms with E-state index in [0.717, 1.165) is 24.4 Å². The number of aromatic nitrogens is 1. The second-order valence-corrected chi connectivity index (χ2v) is 4.63. The van der Waals surface area contributed by atoms with Crippen LogP contribution >= 0.6 is 11.8 Å². The van der Waals surface area contributed by atoms with Crippen LogP contribution in [0.2, 0.25) is 0 Å². The summed E-state index contributed by atoms with van der Waals surface area (Å²) in [4.78, 5) is 3.80. The lowest BCUT2D eigenvalue weighted by Gasteiger charge is -2.12. The van der Waals surface area contributed by atoms with E-state index >= 15 is 0 Å². The Bertz CT molecular complexity index is 334. The summed E-state index contributed by atoms with van der Waals surface area (Å²) in [5.41, 5.74) is -0.706. The first-order valence-corrected chi connectivity index (χ1v) is 6.29. The second kappa shape index (κ2) is 6.26. The lowest BCUT2D eigenvalue weighted by atomic mass is 10.3. The van der Waals surface area contributed by atoms with Crippen molar-refractivity contribution in [1.82, 2.24) is 10.3 Å². The van der Waals surface area contributed by atoms with Crippen LogP contribution in [-0.4, -0.2) is 23.8 Å². The van der Waals surface area contributed by atoms with Gasteiger partial charge in [-0.15, -0.1) is 11.8 Å². The molecule has 17 heavy (non-hydrogen) atoms. The summed E-state index contributed by atoms with van der Waals surface area (Å²) in [6.45, 7) is 2.06. The lowest BCUT2D eigenvalue weighted by Crippen LogP contribution is -2.26. The van der Waals surface area contributed by atoms with Gasteiger partial charge in [-0.05, 0) is 25.6 Å². The molecule has 0 spiro atoms. The van der Waals surface area contributed by atoms with Crippen LogP contribution in [0.1, 0.15) is 18.9 Å². The first kappa shape index (κ1) is 14.3. The fourth-order valence-electron chi connectivity index (χ4n) is 1.22. The van der Waals surface area contributed by atoms with Crippen molar-refractivity contribution < 1.29 is 13.2 Å². The summed E-state index contributed by atoms with van der Waals surface area (Å²) in [5.74, 6) is 0.797. The smallest absolute Gasteiger partial charge is 0.316 e. The van der Waals surface area contributed by atoms with Gasteiger partial charge in [0, 0.05) is 18.0 Å². The SMILES string of the molecule is CCC(CSc1ccc(C(F)(F)F)cn1)NC. The van der Waals surface area contributed by atoms with Gasteiger partial charge in [-0.25, -0.2) is 4.98 Å². The Hall–Kier alpha value is -0.750. The van der Waals surface area contributed by atoms with Crippen molar-refractivity contribution in [2.24, 2.45) is 0 Å². The Morgan fingerprint density at radius 2 is 2.12 bits per heavy atom. The normalized spacial score (nSPS) is 13.7. The van der Waals surface area contributed by atoms with Crippen molar-refractivity contribution in [3.63, 3.8) is 0 Å². The third-order valence-corrected chi connectivity index (χ3v) is 3.50. The molecule has 1 atom stereocenters. The highest BCUT2D eigenvalue weighted by Crippen LogP contribution is 2.29. The first-order chi connectivity index (χ1) is 7.97. The van der Waals surface area contributed by atoms with E-state index in [0.29, 0.717) is 11.1 Å². The number of nitrogens with zero attached hydrogens (tertiary/aromatic N) is 1. The summed E-state index contributed by atoms with van der Waals surface area (Å²) in [7, 11) is 1.87. The van der Waals surface area contributed by atoms with E-state index in [2.05, 4.69) is 17.2 Å². The minimum Gasteiger partial charge on any atom is -0.316 e. The van der Waals surface area contributed by atoms with Crippen molar-refractivity contribution in [3.05, 3.63) is 23.9 Å². The van der Waals surface area contributed by atoms with E-state index in [4.69, 9.17) is 0 Å². The molecule has 1 N–H and O–H groups in total. The molecule has 0 amide bonds. The van der Waals surface area contributed by atoms with Crippen LogP contribution in [0.25, 0.3) is 0 Å². The molecule has 1 aromatic rings. The predicted octanol–water partition coefficient (Wildman–Crippen LogP) is 3.19. The zero-order valence-electron chi connectivity index (χ0n) is 9.71. The summed E-state index contributed by atoms with van der Waals surface area (Å²) >= 11 is 1.46. The van der Waals surface area contributed by atoms with Crippen molar-refractivity contribution >= 4 is 11.8 Å². The minimum absolute atomic E-state index is 0.351. The molecule has 0 aromatic carbocycles. The van der Waals surface area contributed by atoms with Crippen molar-refractivity contribution in [3.8, 4) is 0 Å². The van der Waals surface area contributed by atoms with Crippen LogP contribution in [0.15, 0.2) is 23.4 Å². The third-order valence-electron chi connectivity index (χ3n) is 2.40. The number of halogens is 3.